The summed E-state index contributed by atoms with van der Waals surface area (Å²) in [5.41, 5.74) is 1.83. The number of benzene rings is 2. The van der Waals surface area contributed by atoms with Crippen LogP contribution in [0.15, 0.2) is 48.5 Å². The Balaban J connectivity index is 1.29. The molecule has 3 amide bonds. The third-order valence-corrected chi connectivity index (χ3v) is 7.51. The number of Topliss-reactive ketones (excluding diaryl/α,β-unsaturated/α-hetero) is 1. The number of anilines is 1. The van der Waals surface area contributed by atoms with Gasteiger partial charge < -0.3 is 20.1 Å². The number of nitrogens with zero attached hydrogens (tertiary/aromatic N) is 1. The van der Waals surface area contributed by atoms with Gasteiger partial charge in [0.1, 0.15) is 18.2 Å². The number of carbonyl (C=O) groups is 4. The molecule has 40 heavy (non-hydrogen) atoms. The Labute approximate surface area is 234 Å². The van der Waals surface area contributed by atoms with Crippen LogP contribution in [0.5, 0.6) is 0 Å². The summed E-state index contributed by atoms with van der Waals surface area (Å²) in [6, 6.07) is 13.7. The molecule has 0 radical (unpaired) electrons. The summed E-state index contributed by atoms with van der Waals surface area (Å²) in [5, 5.41) is 5.83. The van der Waals surface area contributed by atoms with E-state index in [1.54, 1.807) is 39.0 Å². The minimum absolute atomic E-state index is 0.0474. The number of hydrogen-bond donors (Lipinski definition) is 2. The molecule has 1 atom stereocenters. The van der Waals surface area contributed by atoms with E-state index in [-0.39, 0.29) is 37.3 Å². The fourth-order valence-electron chi connectivity index (χ4n) is 5.39. The summed E-state index contributed by atoms with van der Waals surface area (Å²) in [7, 11) is 0. The van der Waals surface area contributed by atoms with Crippen molar-refractivity contribution in [2.24, 2.45) is 17.8 Å². The summed E-state index contributed by atoms with van der Waals surface area (Å²) in [6.45, 7) is 5.57. The van der Waals surface area contributed by atoms with Crippen LogP contribution in [0.25, 0.3) is 0 Å². The van der Waals surface area contributed by atoms with Gasteiger partial charge in [-0.3, -0.25) is 14.5 Å². The van der Waals surface area contributed by atoms with E-state index in [1.807, 2.05) is 30.3 Å². The second-order valence-corrected chi connectivity index (χ2v) is 12.1. The molecule has 2 aromatic carbocycles. The second-order valence-electron chi connectivity index (χ2n) is 12.1. The molecule has 0 spiro atoms. The van der Waals surface area contributed by atoms with Crippen LogP contribution in [0.3, 0.4) is 0 Å². The van der Waals surface area contributed by atoms with E-state index >= 15 is 0 Å². The normalized spacial score (nSPS) is 17.6. The Morgan fingerprint density at radius 1 is 0.975 bits per heavy atom. The lowest BCUT2D eigenvalue weighted by atomic mass is 9.88. The lowest BCUT2D eigenvalue weighted by Gasteiger charge is -2.31. The van der Waals surface area contributed by atoms with Crippen LogP contribution < -0.4 is 10.6 Å². The van der Waals surface area contributed by atoms with E-state index in [2.05, 4.69) is 10.6 Å². The van der Waals surface area contributed by atoms with Gasteiger partial charge in [-0.1, -0.05) is 30.3 Å². The van der Waals surface area contributed by atoms with Crippen molar-refractivity contribution in [2.45, 2.75) is 71.2 Å². The van der Waals surface area contributed by atoms with Gasteiger partial charge in [0.25, 0.3) is 0 Å². The molecule has 2 fully saturated rings. The van der Waals surface area contributed by atoms with Crippen LogP contribution in [0.4, 0.5) is 15.3 Å². The molecule has 3 aliphatic rings. The van der Waals surface area contributed by atoms with Crippen molar-refractivity contribution in [1.82, 2.24) is 10.2 Å². The first-order valence-electron chi connectivity index (χ1n) is 14.0. The zero-order valence-electron chi connectivity index (χ0n) is 23.3. The van der Waals surface area contributed by atoms with Gasteiger partial charge in [0.05, 0.1) is 13.1 Å². The van der Waals surface area contributed by atoms with Gasteiger partial charge in [-0.2, -0.15) is 0 Å². The Kier molecular flexibility index (Phi) is 7.83. The Morgan fingerprint density at radius 3 is 2.27 bits per heavy atom. The van der Waals surface area contributed by atoms with Gasteiger partial charge in [0, 0.05) is 11.3 Å². The standard InChI is InChI=1S/C31H37N3O6/c1-31(2,3)40-30(38)34-16-22-15-23(13-14-24(22)25(35)17-34)32-28(36)27(26(20-9-10-20)21-11-12-21)33-29(37)39-18-19-7-5-4-6-8-19/h4-8,13-15,20-21,26-27H,9-12,16-18H2,1-3H3,(H,32,36)(H,33,37)/t27-/m0/s1. The molecular formula is C31H37N3O6. The first-order chi connectivity index (χ1) is 19.1. The molecule has 0 saturated heterocycles. The first-order valence-corrected chi connectivity index (χ1v) is 14.0. The third kappa shape index (κ3) is 7.00. The third-order valence-electron chi connectivity index (χ3n) is 7.51. The molecule has 212 valence electrons. The van der Waals surface area contributed by atoms with E-state index in [4.69, 9.17) is 9.47 Å². The topological polar surface area (TPSA) is 114 Å². The van der Waals surface area contributed by atoms with Crippen LogP contribution in [0.2, 0.25) is 0 Å². The Hall–Kier alpha value is -3.88. The minimum Gasteiger partial charge on any atom is -0.445 e. The molecule has 2 N–H and O–H groups in total. The van der Waals surface area contributed by atoms with Gasteiger partial charge in [0.2, 0.25) is 5.91 Å². The number of carbonyl (C=O) groups excluding carboxylic acids is 4. The first kappa shape index (κ1) is 27.7. The fraction of sp³-hybridized carbons (Fsp3) is 0.484. The van der Waals surface area contributed by atoms with Crippen LogP contribution >= 0.6 is 0 Å². The highest BCUT2D eigenvalue weighted by Gasteiger charge is 2.48. The Bertz CT molecular complexity index is 1270. The van der Waals surface area contributed by atoms with Crippen LogP contribution in [0.1, 0.15) is 67.9 Å². The maximum atomic E-state index is 13.7. The van der Waals surface area contributed by atoms with Crippen LogP contribution in [-0.2, 0) is 27.4 Å². The highest BCUT2D eigenvalue weighted by atomic mass is 16.6. The summed E-state index contributed by atoms with van der Waals surface area (Å²) >= 11 is 0. The molecule has 1 aliphatic heterocycles. The molecule has 5 rings (SSSR count). The molecule has 0 unspecified atom stereocenters. The number of ketones is 1. The number of ether oxygens (including phenoxy) is 2. The van der Waals surface area contributed by atoms with E-state index in [1.165, 1.54) is 4.90 Å². The monoisotopic (exact) mass is 547 g/mol. The fourth-order valence-corrected chi connectivity index (χ4v) is 5.39. The summed E-state index contributed by atoms with van der Waals surface area (Å²) in [4.78, 5) is 53.2. The minimum atomic E-state index is -0.737. The van der Waals surface area contributed by atoms with Gasteiger partial charge in [0.15, 0.2) is 5.78 Å². The number of hydrogen-bond acceptors (Lipinski definition) is 6. The summed E-state index contributed by atoms with van der Waals surface area (Å²) in [6.07, 6.45) is 3.01. The SMILES string of the molecule is CC(C)(C)OC(=O)N1CC(=O)c2ccc(NC(=O)[C@@H](NC(=O)OCc3ccccc3)C(C3CC3)C3CC3)cc2C1. The van der Waals surface area contributed by atoms with E-state index in [0.29, 0.717) is 28.7 Å². The molecule has 0 bridgehead atoms. The van der Waals surface area contributed by atoms with Crippen molar-refractivity contribution in [1.29, 1.82) is 0 Å². The lowest BCUT2D eigenvalue weighted by Crippen LogP contribution is -2.50. The van der Waals surface area contributed by atoms with Gasteiger partial charge in [-0.05, 0) is 93.5 Å². The maximum absolute atomic E-state index is 13.7. The lowest BCUT2D eigenvalue weighted by molar-refractivity contribution is -0.119. The van der Waals surface area contributed by atoms with Crippen molar-refractivity contribution in [3.63, 3.8) is 0 Å². The average molecular weight is 548 g/mol. The van der Waals surface area contributed by atoms with Crippen molar-refractivity contribution < 1.29 is 28.7 Å². The predicted octanol–water partition coefficient (Wildman–Crippen LogP) is 5.29. The van der Waals surface area contributed by atoms with Crippen molar-refractivity contribution in [3.8, 4) is 0 Å². The highest BCUT2D eigenvalue weighted by Crippen LogP contribution is 2.51. The molecule has 0 aromatic heterocycles. The summed E-state index contributed by atoms with van der Waals surface area (Å²) < 4.78 is 10.9. The zero-order valence-corrected chi connectivity index (χ0v) is 23.3. The van der Waals surface area contributed by atoms with Crippen LogP contribution in [0, 0.1) is 17.8 Å². The van der Waals surface area contributed by atoms with Crippen molar-refractivity contribution in [3.05, 3.63) is 65.2 Å². The van der Waals surface area contributed by atoms with Crippen LogP contribution in [-0.4, -0.2) is 47.0 Å². The zero-order chi connectivity index (χ0) is 28.4. The number of nitrogens with one attached hydrogen (secondary N) is 2. The molecule has 9 heteroatoms. The summed E-state index contributed by atoms with van der Waals surface area (Å²) in [5.74, 6) is 0.355. The molecule has 2 saturated carbocycles. The van der Waals surface area contributed by atoms with E-state index in [0.717, 1.165) is 31.2 Å². The second kappa shape index (κ2) is 11.3. The van der Waals surface area contributed by atoms with Crippen molar-refractivity contribution >= 4 is 29.6 Å². The van der Waals surface area contributed by atoms with Gasteiger partial charge in [-0.15, -0.1) is 0 Å². The molecule has 1 heterocycles. The molecule has 2 aromatic rings. The van der Waals surface area contributed by atoms with E-state index < -0.39 is 23.8 Å². The highest BCUT2D eigenvalue weighted by molar-refractivity contribution is 6.03. The van der Waals surface area contributed by atoms with Gasteiger partial charge >= 0.3 is 12.2 Å². The average Bonchev–Trinajstić information content (AvgIpc) is 3.82. The molecule has 9 nitrogen and oxygen atoms in total. The van der Waals surface area contributed by atoms with Gasteiger partial charge in [-0.25, -0.2) is 9.59 Å². The quantitative estimate of drug-likeness (QED) is 0.464. The van der Waals surface area contributed by atoms with E-state index in [9.17, 15) is 19.2 Å². The maximum Gasteiger partial charge on any atom is 0.411 e. The number of alkyl carbamates (subject to hydrolysis) is 1. The molecule has 2 aliphatic carbocycles. The number of rotatable bonds is 8. The smallest absolute Gasteiger partial charge is 0.411 e. The predicted molar refractivity (Wildman–Crippen MR) is 149 cm³/mol. The number of amides is 3. The largest absolute Gasteiger partial charge is 0.445 e. The number of fused-ring (bicyclic) bond motifs is 1. The molecular weight excluding hydrogens is 510 g/mol. The van der Waals surface area contributed by atoms with Crippen molar-refractivity contribution in [2.75, 3.05) is 11.9 Å². The Morgan fingerprint density at radius 2 is 1.65 bits per heavy atom.